The molecule has 0 bridgehead atoms. The van der Waals surface area contributed by atoms with Crippen LogP contribution in [-0.4, -0.2) is 32.6 Å². The van der Waals surface area contributed by atoms with Gasteiger partial charge in [-0.3, -0.25) is 9.36 Å². The fourth-order valence-corrected chi connectivity index (χ4v) is 4.38. The van der Waals surface area contributed by atoms with E-state index in [4.69, 9.17) is 0 Å². The number of nitrogens with zero attached hydrogens (tertiary/aromatic N) is 4. The quantitative estimate of drug-likeness (QED) is 0.169. The Bertz CT molecular complexity index is 1310. The second-order valence-corrected chi connectivity index (χ2v) is 10.8. The van der Waals surface area contributed by atoms with Gasteiger partial charge in [0.2, 0.25) is 0 Å². The molecule has 1 amide bonds. The van der Waals surface area contributed by atoms with E-state index in [-0.39, 0.29) is 17.1 Å². The van der Waals surface area contributed by atoms with E-state index in [0.29, 0.717) is 11.0 Å². The number of thioether (sulfide) groups is 1. The number of hydrogen-bond acceptors (Lipinski definition) is 5. The van der Waals surface area contributed by atoms with E-state index < -0.39 is 0 Å². The normalized spacial score (nSPS) is 11.7. The van der Waals surface area contributed by atoms with Crippen LogP contribution in [0.5, 0.6) is 0 Å². The first-order chi connectivity index (χ1) is 16.8. The lowest BCUT2D eigenvalue weighted by atomic mass is 9.87. The van der Waals surface area contributed by atoms with Gasteiger partial charge in [-0.1, -0.05) is 103 Å². The van der Waals surface area contributed by atoms with Gasteiger partial charge in [0.05, 0.1) is 12.0 Å². The minimum absolute atomic E-state index is 0.0959. The smallest absolute Gasteiger partial charge is 0.250 e. The lowest BCUT2D eigenvalue weighted by Crippen LogP contribution is -2.20. The minimum Gasteiger partial charge on any atom is -0.272 e. The summed E-state index contributed by atoms with van der Waals surface area (Å²) in [5.74, 6) is 0.653. The number of benzene rings is 3. The molecule has 4 aromatic rings. The molecule has 0 spiro atoms. The topological polar surface area (TPSA) is 72.2 Å². The van der Waals surface area contributed by atoms with Crippen LogP contribution in [0.2, 0.25) is 0 Å². The third-order valence-corrected chi connectivity index (χ3v) is 6.72. The molecule has 4 rings (SSSR count). The second kappa shape index (κ2) is 11.0. The molecular formula is C27H26BrN5OS. The lowest BCUT2D eigenvalue weighted by molar-refractivity contribution is -0.118. The van der Waals surface area contributed by atoms with Crippen molar-refractivity contribution < 1.29 is 4.79 Å². The molecule has 178 valence electrons. The highest BCUT2D eigenvalue weighted by Crippen LogP contribution is 2.28. The summed E-state index contributed by atoms with van der Waals surface area (Å²) in [5.41, 5.74) is 6.73. The second-order valence-electron chi connectivity index (χ2n) is 8.94. The molecule has 0 radical (unpaired) electrons. The molecular weight excluding hydrogens is 522 g/mol. The summed E-state index contributed by atoms with van der Waals surface area (Å²) in [7, 11) is 0. The monoisotopic (exact) mass is 547 g/mol. The average Bonchev–Trinajstić information content (AvgIpc) is 3.27. The molecule has 1 aromatic heterocycles. The van der Waals surface area contributed by atoms with Crippen molar-refractivity contribution in [1.29, 1.82) is 0 Å². The van der Waals surface area contributed by atoms with Crippen molar-refractivity contribution in [2.24, 2.45) is 5.10 Å². The first-order valence-corrected chi connectivity index (χ1v) is 12.9. The van der Waals surface area contributed by atoms with Gasteiger partial charge in [0, 0.05) is 15.7 Å². The zero-order valence-electron chi connectivity index (χ0n) is 19.8. The van der Waals surface area contributed by atoms with Gasteiger partial charge in [-0.15, -0.1) is 10.2 Å². The largest absolute Gasteiger partial charge is 0.272 e. The van der Waals surface area contributed by atoms with E-state index in [2.05, 4.69) is 69.6 Å². The van der Waals surface area contributed by atoms with Gasteiger partial charge in [-0.25, -0.2) is 5.43 Å². The van der Waals surface area contributed by atoms with E-state index >= 15 is 0 Å². The van der Waals surface area contributed by atoms with Gasteiger partial charge >= 0.3 is 0 Å². The highest BCUT2D eigenvalue weighted by molar-refractivity contribution is 9.10. The van der Waals surface area contributed by atoms with E-state index in [1.54, 1.807) is 6.21 Å². The van der Waals surface area contributed by atoms with E-state index in [1.165, 1.54) is 17.3 Å². The number of rotatable bonds is 7. The zero-order chi connectivity index (χ0) is 24.8. The number of hydrazone groups is 1. The van der Waals surface area contributed by atoms with Gasteiger partial charge in [-0.2, -0.15) is 5.10 Å². The number of carbonyl (C=O) groups is 1. The standard InChI is InChI=1S/C27H26BrN5OS/c1-27(2,3)21-13-9-19(10-14-21)17-29-30-24(34)18-35-26-32-31-25(20-11-15-22(28)16-12-20)33(26)23-7-5-4-6-8-23/h4-17H,18H2,1-3H3,(H,30,34)/b29-17-. The number of halogens is 1. The third kappa shape index (κ3) is 6.46. The Morgan fingerprint density at radius 3 is 2.34 bits per heavy atom. The Morgan fingerprint density at radius 1 is 1.00 bits per heavy atom. The molecule has 1 N–H and O–H groups in total. The fraction of sp³-hybridized carbons (Fsp3) is 0.185. The average molecular weight is 549 g/mol. The lowest BCUT2D eigenvalue weighted by Gasteiger charge is -2.18. The van der Waals surface area contributed by atoms with Crippen LogP contribution >= 0.6 is 27.7 Å². The number of para-hydroxylation sites is 1. The first kappa shape index (κ1) is 24.9. The molecule has 8 heteroatoms. The minimum atomic E-state index is -0.217. The Hall–Kier alpha value is -3.23. The molecule has 6 nitrogen and oxygen atoms in total. The molecule has 0 aliphatic heterocycles. The summed E-state index contributed by atoms with van der Waals surface area (Å²) in [6.45, 7) is 6.53. The number of hydrogen-bond donors (Lipinski definition) is 1. The van der Waals surface area contributed by atoms with Crippen LogP contribution in [0.4, 0.5) is 0 Å². The number of aromatic nitrogens is 3. The molecule has 3 aromatic carbocycles. The molecule has 0 aliphatic carbocycles. The van der Waals surface area contributed by atoms with Gasteiger partial charge in [-0.05, 0) is 40.8 Å². The van der Waals surface area contributed by atoms with Crippen LogP contribution in [0.15, 0.2) is 93.6 Å². The molecule has 0 saturated carbocycles. The van der Waals surface area contributed by atoms with Gasteiger partial charge in [0.15, 0.2) is 11.0 Å². The van der Waals surface area contributed by atoms with Gasteiger partial charge < -0.3 is 0 Å². The summed E-state index contributed by atoms with van der Waals surface area (Å²) in [4.78, 5) is 12.4. The molecule has 0 saturated heterocycles. The summed E-state index contributed by atoms with van der Waals surface area (Å²) < 4.78 is 2.95. The molecule has 1 heterocycles. The maximum Gasteiger partial charge on any atom is 0.250 e. The van der Waals surface area contributed by atoms with E-state index in [1.807, 2.05) is 71.3 Å². The van der Waals surface area contributed by atoms with Crippen molar-refractivity contribution in [1.82, 2.24) is 20.2 Å². The van der Waals surface area contributed by atoms with Crippen molar-refractivity contribution >= 4 is 39.8 Å². The van der Waals surface area contributed by atoms with Crippen LogP contribution in [0.25, 0.3) is 17.1 Å². The molecule has 35 heavy (non-hydrogen) atoms. The van der Waals surface area contributed by atoms with Crippen molar-refractivity contribution in [3.63, 3.8) is 0 Å². The highest BCUT2D eigenvalue weighted by atomic mass is 79.9. The van der Waals surface area contributed by atoms with Crippen LogP contribution in [-0.2, 0) is 10.2 Å². The summed E-state index contributed by atoms with van der Waals surface area (Å²) in [5, 5.41) is 13.5. The van der Waals surface area contributed by atoms with Crippen LogP contribution in [0.3, 0.4) is 0 Å². The summed E-state index contributed by atoms with van der Waals surface area (Å²) in [6.07, 6.45) is 1.65. The van der Waals surface area contributed by atoms with Gasteiger partial charge in [0.1, 0.15) is 0 Å². The summed E-state index contributed by atoms with van der Waals surface area (Å²) in [6, 6.07) is 25.9. The summed E-state index contributed by atoms with van der Waals surface area (Å²) >= 11 is 4.78. The number of nitrogens with one attached hydrogen (secondary N) is 1. The highest BCUT2D eigenvalue weighted by Gasteiger charge is 2.17. The maximum absolute atomic E-state index is 12.4. The van der Waals surface area contributed by atoms with E-state index in [0.717, 1.165) is 21.3 Å². The Morgan fingerprint density at radius 2 is 1.69 bits per heavy atom. The fourth-order valence-electron chi connectivity index (χ4n) is 3.37. The van der Waals surface area contributed by atoms with Crippen LogP contribution in [0.1, 0.15) is 31.9 Å². The predicted octanol–water partition coefficient (Wildman–Crippen LogP) is 6.24. The van der Waals surface area contributed by atoms with Crippen molar-refractivity contribution in [3.05, 3.63) is 94.5 Å². The SMILES string of the molecule is CC(C)(C)c1ccc(/C=N\NC(=O)CSc2nnc(-c3ccc(Br)cc3)n2-c2ccccc2)cc1. The van der Waals surface area contributed by atoms with Crippen molar-refractivity contribution in [2.45, 2.75) is 31.3 Å². The van der Waals surface area contributed by atoms with Crippen LogP contribution in [0, 0.1) is 0 Å². The van der Waals surface area contributed by atoms with Gasteiger partial charge in [0.25, 0.3) is 5.91 Å². The Labute approximate surface area is 218 Å². The molecule has 0 unspecified atom stereocenters. The number of amides is 1. The number of carbonyl (C=O) groups excluding carboxylic acids is 1. The molecule has 0 aliphatic rings. The Balaban J connectivity index is 1.44. The molecule has 0 fully saturated rings. The Kier molecular flexibility index (Phi) is 7.83. The predicted molar refractivity (Wildman–Crippen MR) is 146 cm³/mol. The third-order valence-electron chi connectivity index (χ3n) is 5.26. The van der Waals surface area contributed by atoms with Crippen molar-refractivity contribution in [3.8, 4) is 17.1 Å². The maximum atomic E-state index is 12.4. The molecule has 0 atom stereocenters. The van der Waals surface area contributed by atoms with Crippen molar-refractivity contribution in [2.75, 3.05) is 5.75 Å². The van der Waals surface area contributed by atoms with Crippen LogP contribution < -0.4 is 5.43 Å². The van der Waals surface area contributed by atoms with E-state index in [9.17, 15) is 4.79 Å². The first-order valence-electron chi connectivity index (χ1n) is 11.1. The zero-order valence-corrected chi connectivity index (χ0v) is 22.2.